The molecule has 2 aromatic carbocycles. The third kappa shape index (κ3) is 5.88. The zero-order valence-electron chi connectivity index (χ0n) is 14.5. The number of halogens is 2. The van der Waals surface area contributed by atoms with Crippen molar-refractivity contribution in [2.45, 2.75) is 19.4 Å². The van der Waals surface area contributed by atoms with Crippen LogP contribution in [0.4, 0.5) is 8.78 Å². The molecular formula is C21H18F2N2O2. The van der Waals surface area contributed by atoms with Crippen molar-refractivity contribution in [1.29, 1.82) is 0 Å². The summed E-state index contributed by atoms with van der Waals surface area (Å²) in [7, 11) is 0. The molecule has 0 aliphatic rings. The second-order valence-corrected chi connectivity index (χ2v) is 5.96. The van der Waals surface area contributed by atoms with E-state index in [2.05, 4.69) is 10.3 Å². The van der Waals surface area contributed by atoms with Crippen LogP contribution in [-0.2, 0) is 17.8 Å². The van der Waals surface area contributed by atoms with Gasteiger partial charge in [0.05, 0.1) is 0 Å². The largest absolute Gasteiger partial charge is 0.439 e. The Morgan fingerprint density at radius 1 is 0.926 bits per heavy atom. The van der Waals surface area contributed by atoms with E-state index in [-0.39, 0.29) is 17.5 Å². The molecule has 0 unspecified atom stereocenters. The Morgan fingerprint density at radius 2 is 1.59 bits per heavy atom. The molecule has 0 saturated carbocycles. The number of amides is 1. The van der Waals surface area contributed by atoms with Crippen molar-refractivity contribution in [2.24, 2.45) is 0 Å². The first-order valence-corrected chi connectivity index (χ1v) is 8.48. The predicted molar refractivity (Wildman–Crippen MR) is 97.3 cm³/mol. The summed E-state index contributed by atoms with van der Waals surface area (Å²) in [5.41, 5.74) is 1.74. The summed E-state index contributed by atoms with van der Waals surface area (Å²) in [6, 6.07) is 15.2. The fraction of sp³-hybridized carbons (Fsp3) is 0.143. The van der Waals surface area contributed by atoms with Gasteiger partial charge >= 0.3 is 0 Å². The van der Waals surface area contributed by atoms with E-state index < -0.39 is 0 Å². The van der Waals surface area contributed by atoms with E-state index >= 15 is 0 Å². The molecule has 3 aromatic rings. The Hall–Kier alpha value is -3.28. The molecule has 6 heteroatoms. The summed E-state index contributed by atoms with van der Waals surface area (Å²) < 4.78 is 31.4. The highest BCUT2D eigenvalue weighted by Crippen LogP contribution is 2.20. The lowest BCUT2D eigenvalue weighted by Crippen LogP contribution is -2.23. The Morgan fingerprint density at radius 3 is 2.30 bits per heavy atom. The quantitative estimate of drug-likeness (QED) is 0.672. The maximum atomic E-state index is 12.9. The maximum absolute atomic E-state index is 12.9. The molecule has 0 radical (unpaired) electrons. The molecule has 0 fully saturated rings. The van der Waals surface area contributed by atoms with Crippen LogP contribution < -0.4 is 10.1 Å². The number of carbonyl (C=O) groups is 1. The minimum Gasteiger partial charge on any atom is -0.439 e. The average molecular weight is 368 g/mol. The lowest BCUT2D eigenvalue weighted by Gasteiger charge is -2.08. The fourth-order valence-electron chi connectivity index (χ4n) is 2.44. The van der Waals surface area contributed by atoms with Gasteiger partial charge in [0, 0.05) is 25.2 Å². The summed E-state index contributed by atoms with van der Waals surface area (Å²) in [4.78, 5) is 16.1. The number of nitrogens with zero attached hydrogens (tertiary/aromatic N) is 1. The van der Waals surface area contributed by atoms with Crippen LogP contribution in [-0.4, -0.2) is 10.9 Å². The van der Waals surface area contributed by atoms with E-state index in [1.165, 1.54) is 36.4 Å². The van der Waals surface area contributed by atoms with Crippen LogP contribution in [0.1, 0.15) is 17.5 Å². The lowest BCUT2D eigenvalue weighted by molar-refractivity contribution is -0.121. The molecule has 4 nitrogen and oxygen atoms in total. The molecule has 0 saturated heterocycles. The van der Waals surface area contributed by atoms with Crippen molar-refractivity contribution < 1.29 is 18.3 Å². The first-order chi connectivity index (χ1) is 13.1. The van der Waals surface area contributed by atoms with E-state index in [9.17, 15) is 13.6 Å². The van der Waals surface area contributed by atoms with Crippen LogP contribution in [0.5, 0.6) is 11.6 Å². The molecule has 0 aliphatic heterocycles. The van der Waals surface area contributed by atoms with Crippen molar-refractivity contribution >= 4 is 5.91 Å². The normalized spacial score (nSPS) is 10.4. The number of pyridine rings is 1. The molecule has 27 heavy (non-hydrogen) atoms. The van der Waals surface area contributed by atoms with Crippen molar-refractivity contribution in [3.63, 3.8) is 0 Å². The molecule has 0 spiro atoms. The topological polar surface area (TPSA) is 51.2 Å². The second-order valence-electron chi connectivity index (χ2n) is 5.96. The summed E-state index contributed by atoms with van der Waals surface area (Å²) in [6.07, 6.45) is 2.44. The molecule has 1 heterocycles. The molecule has 3 rings (SSSR count). The summed E-state index contributed by atoms with van der Waals surface area (Å²) >= 11 is 0. The van der Waals surface area contributed by atoms with Gasteiger partial charge in [-0.05, 0) is 60.0 Å². The van der Waals surface area contributed by atoms with E-state index in [1.54, 1.807) is 30.5 Å². The Bertz CT molecular complexity index is 897. The highest BCUT2D eigenvalue weighted by Gasteiger charge is 2.05. The van der Waals surface area contributed by atoms with Gasteiger partial charge in [0.15, 0.2) is 0 Å². The second kappa shape index (κ2) is 8.89. The smallest absolute Gasteiger partial charge is 0.220 e. The van der Waals surface area contributed by atoms with Crippen molar-refractivity contribution in [3.8, 4) is 11.6 Å². The fourth-order valence-corrected chi connectivity index (χ4v) is 2.44. The minimum absolute atomic E-state index is 0.0999. The molecular weight excluding hydrogens is 350 g/mol. The van der Waals surface area contributed by atoms with Gasteiger partial charge < -0.3 is 10.1 Å². The molecule has 1 N–H and O–H groups in total. The molecule has 138 valence electrons. The van der Waals surface area contributed by atoms with E-state index in [0.29, 0.717) is 31.0 Å². The van der Waals surface area contributed by atoms with Crippen LogP contribution >= 0.6 is 0 Å². The van der Waals surface area contributed by atoms with Crippen LogP contribution in [0.2, 0.25) is 0 Å². The van der Waals surface area contributed by atoms with Crippen molar-refractivity contribution in [1.82, 2.24) is 10.3 Å². The highest BCUT2D eigenvalue weighted by molar-refractivity contribution is 5.76. The highest BCUT2D eigenvalue weighted by atomic mass is 19.1. The summed E-state index contributed by atoms with van der Waals surface area (Å²) in [5, 5.41) is 2.83. The lowest BCUT2D eigenvalue weighted by atomic mass is 10.1. The van der Waals surface area contributed by atoms with E-state index in [4.69, 9.17) is 4.74 Å². The van der Waals surface area contributed by atoms with Crippen LogP contribution in [0.3, 0.4) is 0 Å². The number of aryl methyl sites for hydroxylation is 1. The number of hydrogen-bond acceptors (Lipinski definition) is 3. The van der Waals surface area contributed by atoms with Gasteiger partial charge in [-0.3, -0.25) is 4.79 Å². The molecule has 1 aromatic heterocycles. The molecule has 0 aliphatic carbocycles. The standard InChI is InChI=1S/C21H18F2N2O2/c22-17-4-1-15(2-5-17)3-10-20(26)25-14-16-11-12-24-21(13-16)27-19-8-6-18(23)7-9-19/h1-2,4-9,11-13H,3,10,14H2,(H,25,26). The van der Waals surface area contributed by atoms with E-state index in [0.717, 1.165) is 11.1 Å². The number of rotatable bonds is 7. The summed E-state index contributed by atoms with van der Waals surface area (Å²) in [5.74, 6) is 0.105. The maximum Gasteiger partial charge on any atom is 0.220 e. The summed E-state index contributed by atoms with van der Waals surface area (Å²) in [6.45, 7) is 0.338. The Balaban J connectivity index is 1.49. The number of hydrogen-bond donors (Lipinski definition) is 1. The average Bonchev–Trinajstić information content (AvgIpc) is 2.68. The van der Waals surface area contributed by atoms with Gasteiger partial charge in [0.25, 0.3) is 0 Å². The van der Waals surface area contributed by atoms with Gasteiger partial charge in [-0.15, -0.1) is 0 Å². The third-order valence-electron chi connectivity index (χ3n) is 3.88. The van der Waals surface area contributed by atoms with Crippen LogP contribution in [0.15, 0.2) is 66.9 Å². The Labute approximate surface area is 155 Å². The molecule has 1 amide bonds. The number of carbonyl (C=O) groups excluding carboxylic acids is 1. The zero-order chi connectivity index (χ0) is 19.1. The number of nitrogens with one attached hydrogen (secondary N) is 1. The third-order valence-corrected chi connectivity index (χ3v) is 3.88. The van der Waals surface area contributed by atoms with Gasteiger partial charge in [-0.1, -0.05) is 12.1 Å². The number of benzene rings is 2. The van der Waals surface area contributed by atoms with E-state index in [1.807, 2.05) is 0 Å². The van der Waals surface area contributed by atoms with Gasteiger partial charge in [0.2, 0.25) is 11.8 Å². The number of ether oxygens (including phenoxy) is 1. The Kier molecular flexibility index (Phi) is 6.10. The van der Waals surface area contributed by atoms with Gasteiger partial charge in [-0.2, -0.15) is 0 Å². The van der Waals surface area contributed by atoms with Crippen molar-refractivity contribution in [2.75, 3.05) is 0 Å². The van der Waals surface area contributed by atoms with Crippen LogP contribution in [0.25, 0.3) is 0 Å². The zero-order valence-corrected chi connectivity index (χ0v) is 14.5. The minimum atomic E-state index is -0.340. The molecule has 0 atom stereocenters. The van der Waals surface area contributed by atoms with Crippen molar-refractivity contribution in [3.05, 3.63) is 89.6 Å². The van der Waals surface area contributed by atoms with Gasteiger partial charge in [-0.25, -0.2) is 13.8 Å². The van der Waals surface area contributed by atoms with Gasteiger partial charge in [0.1, 0.15) is 17.4 Å². The number of aromatic nitrogens is 1. The first kappa shape index (κ1) is 18.5. The monoisotopic (exact) mass is 368 g/mol. The first-order valence-electron chi connectivity index (χ1n) is 8.48. The van der Waals surface area contributed by atoms with Crippen LogP contribution in [0, 0.1) is 11.6 Å². The molecule has 0 bridgehead atoms. The SMILES string of the molecule is O=C(CCc1ccc(F)cc1)NCc1ccnc(Oc2ccc(F)cc2)c1. The predicted octanol–water partition coefficient (Wildman–Crippen LogP) is 4.40.